The summed E-state index contributed by atoms with van der Waals surface area (Å²) in [7, 11) is 0. The number of anilines is 3. The zero-order valence-corrected chi connectivity index (χ0v) is 21.6. The fourth-order valence-electron chi connectivity index (χ4n) is 4.87. The summed E-state index contributed by atoms with van der Waals surface area (Å²) in [4.78, 5) is 14.1. The molecule has 4 aromatic rings. The minimum Gasteiger partial charge on any atom is -0.467 e. The molecule has 2 N–H and O–H groups in total. The van der Waals surface area contributed by atoms with Crippen molar-refractivity contribution in [2.75, 3.05) is 54.8 Å². The third-order valence-corrected chi connectivity index (χ3v) is 7.16. The van der Waals surface area contributed by atoms with Crippen molar-refractivity contribution < 1.29 is 8.81 Å². The largest absolute Gasteiger partial charge is 0.467 e. The molecule has 1 fully saturated rings. The van der Waals surface area contributed by atoms with Crippen molar-refractivity contribution >= 4 is 28.4 Å². The van der Waals surface area contributed by atoms with E-state index in [1.165, 1.54) is 22.9 Å². The molecule has 194 valence electrons. The van der Waals surface area contributed by atoms with Crippen LogP contribution < -0.4 is 15.5 Å². The van der Waals surface area contributed by atoms with E-state index >= 15 is 0 Å². The molecule has 0 saturated carbocycles. The SMILES string of the molecule is Cc1cccc(N2CCN(CCCCNc3nc(NCc4ccco4)c4cccc(F)c4n3)CC2)c1C. The Labute approximate surface area is 217 Å². The molecule has 1 aliphatic heterocycles. The summed E-state index contributed by atoms with van der Waals surface area (Å²) in [6.07, 6.45) is 3.71. The second-order valence-corrected chi connectivity index (χ2v) is 9.65. The van der Waals surface area contributed by atoms with Gasteiger partial charge in [-0.15, -0.1) is 0 Å². The number of aromatic nitrogens is 2. The van der Waals surface area contributed by atoms with Crippen LogP contribution in [-0.2, 0) is 6.54 Å². The number of furan rings is 1. The summed E-state index contributed by atoms with van der Waals surface area (Å²) in [6, 6.07) is 15.2. The Hall–Kier alpha value is -3.65. The summed E-state index contributed by atoms with van der Waals surface area (Å²) in [5.74, 6) is 1.45. The van der Waals surface area contributed by atoms with Gasteiger partial charge in [-0.05, 0) is 74.7 Å². The molecule has 7 nitrogen and oxygen atoms in total. The van der Waals surface area contributed by atoms with E-state index in [1.54, 1.807) is 12.3 Å². The number of nitrogens with one attached hydrogen (secondary N) is 2. The van der Waals surface area contributed by atoms with Gasteiger partial charge >= 0.3 is 0 Å². The van der Waals surface area contributed by atoms with Crippen LogP contribution in [0.3, 0.4) is 0 Å². The van der Waals surface area contributed by atoms with Gasteiger partial charge in [-0.25, -0.2) is 9.37 Å². The number of fused-ring (bicyclic) bond motifs is 1. The number of hydrogen-bond donors (Lipinski definition) is 2. The zero-order chi connectivity index (χ0) is 25.6. The summed E-state index contributed by atoms with van der Waals surface area (Å²) in [5.41, 5.74) is 4.42. The molecule has 2 aromatic heterocycles. The van der Waals surface area contributed by atoms with Crippen molar-refractivity contribution in [3.8, 4) is 0 Å². The van der Waals surface area contributed by atoms with Gasteiger partial charge in [-0.2, -0.15) is 4.98 Å². The van der Waals surface area contributed by atoms with E-state index in [2.05, 4.69) is 62.4 Å². The number of nitrogens with zero attached hydrogens (tertiary/aromatic N) is 4. The first-order valence-corrected chi connectivity index (χ1v) is 13.1. The van der Waals surface area contributed by atoms with Gasteiger partial charge in [-0.1, -0.05) is 18.2 Å². The molecule has 0 amide bonds. The van der Waals surface area contributed by atoms with Crippen LogP contribution in [0, 0.1) is 19.7 Å². The van der Waals surface area contributed by atoms with Crippen molar-refractivity contribution in [3.05, 3.63) is 77.5 Å². The van der Waals surface area contributed by atoms with Crippen LogP contribution in [0.15, 0.2) is 59.2 Å². The summed E-state index contributed by atoms with van der Waals surface area (Å²) < 4.78 is 19.9. The molecule has 1 saturated heterocycles. The van der Waals surface area contributed by atoms with E-state index in [-0.39, 0.29) is 5.82 Å². The Morgan fingerprint density at radius 1 is 0.919 bits per heavy atom. The third kappa shape index (κ3) is 6.02. The number of halogens is 1. The van der Waals surface area contributed by atoms with E-state index in [9.17, 15) is 4.39 Å². The fourth-order valence-corrected chi connectivity index (χ4v) is 4.87. The smallest absolute Gasteiger partial charge is 0.225 e. The molecule has 0 atom stereocenters. The predicted octanol–water partition coefficient (Wildman–Crippen LogP) is 5.61. The van der Waals surface area contributed by atoms with Crippen molar-refractivity contribution in [1.29, 1.82) is 0 Å². The normalized spacial score (nSPS) is 14.3. The van der Waals surface area contributed by atoms with Gasteiger partial charge in [0.1, 0.15) is 22.9 Å². The van der Waals surface area contributed by atoms with Gasteiger partial charge in [0.15, 0.2) is 0 Å². The zero-order valence-electron chi connectivity index (χ0n) is 21.6. The molecule has 0 spiro atoms. The number of para-hydroxylation sites is 1. The van der Waals surface area contributed by atoms with Crippen molar-refractivity contribution in [1.82, 2.24) is 14.9 Å². The van der Waals surface area contributed by atoms with Crippen molar-refractivity contribution in [3.63, 3.8) is 0 Å². The molecule has 0 unspecified atom stereocenters. The average molecular weight is 503 g/mol. The third-order valence-electron chi connectivity index (χ3n) is 7.16. The first-order valence-electron chi connectivity index (χ1n) is 13.1. The Morgan fingerprint density at radius 3 is 2.57 bits per heavy atom. The summed E-state index contributed by atoms with van der Waals surface area (Å²) >= 11 is 0. The predicted molar refractivity (Wildman–Crippen MR) is 148 cm³/mol. The van der Waals surface area contributed by atoms with Gasteiger partial charge in [0.25, 0.3) is 0 Å². The van der Waals surface area contributed by atoms with E-state index in [0.29, 0.717) is 29.2 Å². The number of piperazine rings is 1. The van der Waals surface area contributed by atoms with Gasteiger partial charge in [0.2, 0.25) is 5.95 Å². The number of rotatable bonds is 10. The minimum absolute atomic E-state index is 0.309. The van der Waals surface area contributed by atoms with E-state index in [4.69, 9.17) is 4.42 Å². The van der Waals surface area contributed by atoms with Crippen molar-refractivity contribution in [2.24, 2.45) is 0 Å². The van der Waals surface area contributed by atoms with Crippen molar-refractivity contribution in [2.45, 2.75) is 33.2 Å². The molecule has 37 heavy (non-hydrogen) atoms. The molecule has 2 aromatic carbocycles. The number of hydrogen-bond acceptors (Lipinski definition) is 7. The fraction of sp³-hybridized carbons (Fsp3) is 0.379. The topological polar surface area (TPSA) is 69.5 Å². The molecular formula is C29H35FN6O. The van der Waals surface area contributed by atoms with Gasteiger partial charge in [-0.3, -0.25) is 4.90 Å². The Kier molecular flexibility index (Phi) is 7.84. The average Bonchev–Trinajstić information content (AvgIpc) is 3.43. The Balaban J connectivity index is 1.11. The maximum atomic E-state index is 14.5. The van der Waals surface area contributed by atoms with Crippen LogP contribution >= 0.6 is 0 Å². The standard InChI is InChI=1S/C29H35FN6O/c1-21-8-5-12-26(22(21)2)36-17-15-35(16-18-36)14-4-3-13-31-29-33-27-24(10-6-11-25(27)30)28(34-29)32-20-23-9-7-19-37-23/h5-12,19H,3-4,13-18,20H2,1-2H3,(H2,31,32,33,34). The lowest BCUT2D eigenvalue weighted by Crippen LogP contribution is -2.46. The molecule has 0 bridgehead atoms. The maximum absolute atomic E-state index is 14.5. The summed E-state index contributed by atoms with van der Waals surface area (Å²) in [5, 5.41) is 7.21. The van der Waals surface area contributed by atoms with Crippen LogP contribution in [-0.4, -0.2) is 54.1 Å². The highest BCUT2D eigenvalue weighted by Crippen LogP contribution is 2.25. The Bertz CT molecular complexity index is 1320. The lowest BCUT2D eigenvalue weighted by atomic mass is 10.1. The summed E-state index contributed by atoms with van der Waals surface area (Å²) in [6.45, 7) is 11.0. The second kappa shape index (κ2) is 11.6. The van der Waals surface area contributed by atoms with Gasteiger partial charge in [0.05, 0.1) is 12.8 Å². The molecule has 0 radical (unpaired) electrons. The van der Waals surface area contributed by atoms with Crippen LogP contribution in [0.5, 0.6) is 0 Å². The monoisotopic (exact) mass is 502 g/mol. The number of unbranched alkanes of at least 4 members (excludes halogenated alkanes) is 1. The lowest BCUT2D eigenvalue weighted by molar-refractivity contribution is 0.253. The van der Waals surface area contributed by atoms with Crippen LogP contribution in [0.1, 0.15) is 29.7 Å². The Morgan fingerprint density at radius 2 is 1.76 bits per heavy atom. The van der Waals surface area contributed by atoms with Gasteiger partial charge in [0, 0.05) is 43.8 Å². The maximum Gasteiger partial charge on any atom is 0.225 e. The van der Waals surface area contributed by atoms with Gasteiger partial charge < -0.3 is 20.0 Å². The van der Waals surface area contributed by atoms with E-state index in [0.717, 1.165) is 57.9 Å². The van der Waals surface area contributed by atoms with E-state index < -0.39 is 0 Å². The molecule has 8 heteroatoms. The number of aryl methyl sites for hydroxylation is 1. The highest BCUT2D eigenvalue weighted by atomic mass is 19.1. The second-order valence-electron chi connectivity index (χ2n) is 9.65. The molecular weight excluding hydrogens is 467 g/mol. The highest BCUT2D eigenvalue weighted by Gasteiger charge is 2.18. The lowest BCUT2D eigenvalue weighted by Gasteiger charge is -2.37. The molecule has 1 aliphatic rings. The van der Waals surface area contributed by atoms with E-state index in [1.807, 2.05) is 18.2 Å². The first kappa shape index (κ1) is 25.0. The van der Waals surface area contributed by atoms with Crippen LogP contribution in [0.25, 0.3) is 10.9 Å². The molecule has 5 rings (SSSR count). The first-order chi connectivity index (χ1) is 18.1. The minimum atomic E-state index is -0.357. The highest BCUT2D eigenvalue weighted by molar-refractivity contribution is 5.90. The van der Waals surface area contributed by atoms with Crippen LogP contribution in [0.4, 0.5) is 21.8 Å². The quantitative estimate of drug-likeness (QED) is 0.273. The molecule has 3 heterocycles. The molecule has 0 aliphatic carbocycles. The number of benzene rings is 2. The van der Waals surface area contributed by atoms with Crippen LogP contribution in [0.2, 0.25) is 0 Å².